The summed E-state index contributed by atoms with van der Waals surface area (Å²) < 4.78 is 38.2. The second-order valence-electron chi connectivity index (χ2n) is 7.71. The Bertz CT molecular complexity index is 1220. The van der Waals surface area contributed by atoms with Crippen molar-refractivity contribution in [1.29, 1.82) is 0 Å². The molecule has 188 valence electrons. The normalized spacial score (nSPS) is 14.7. The molecule has 0 atom stereocenters. The topological polar surface area (TPSA) is 78.7 Å². The first-order valence-corrected chi connectivity index (χ1v) is 12.0. The minimum atomic E-state index is -4.39. The minimum Gasteiger partial charge on any atom is -0.346 e. The number of alkyl halides is 3. The molecule has 1 aliphatic heterocycles. The summed E-state index contributed by atoms with van der Waals surface area (Å²) in [6.45, 7) is 6.01. The van der Waals surface area contributed by atoms with E-state index in [0.29, 0.717) is 16.4 Å². The van der Waals surface area contributed by atoms with Crippen LogP contribution in [0.25, 0.3) is 0 Å². The van der Waals surface area contributed by atoms with E-state index in [9.17, 15) is 18.0 Å². The van der Waals surface area contributed by atoms with Crippen LogP contribution < -0.4 is 10.6 Å². The third kappa shape index (κ3) is 8.16. The zero-order valence-corrected chi connectivity index (χ0v) is 20.5. The van der Waals surface area contributed by atoms with Gasteiger partial charge in [-0.05, 0) is 67.7 Å². The number of allylic oxidation sites excluding steroid dienone is 5. The molecule has 0 unspecified atom stereocenters. The Labute approximate surface area is 211 Å². The largest absolute Gasteiger partial charge is 0.416 e. The minimum absolute atomic E-state index is 0.208. The monoisotopic (exact) mass is 513 g/mol. The molecule has 2 aromatic rings. The average Bonchev–Trinajstić information content (AvgIpc) is 3.34. The average molecular weight is 514 g/mol. The number of rotatable bonds is 8. The van der Waals surface area contributed by atoms with Crippen LogP contribution >= 0.6 is 11.3 Å². The van der Waals surface area contributed by atoms with E-state index in [4.69, 9.17) is 0 Å². The highest BCUT2D eigenvalue weighted by Gasteiger charge is 2.29. The number of hydrogen-bond acceptors (Lipinski definition) is 6. The standard InChI is InChI=1S/C26H26F3N5OS/c1-3-31-23(14-18(2)19-8-6-4-5-7-13-30-15-19)24(35)32-16-22-17-33-25(36-22)34-21-11-9-20(10-12-21)26(27,28)29/h3,7-15,17H,2,4-6,16H2,1H3,(H,32,35)(H,33,34)/b13-7?,19-8?,23-14-,30-15?,31-3?. The lowest BCUT2D eigenvalue weighted by Crippen LogP contribution is -2.23. The number of nitrogens with one attached hydrogen (secondary N) is 2. The molecule has 36 heavy (non-hydrogen) atoms. The highest BCUT2D eigenvalue weighted by molar-refractivity contribution is 7.15. The van der Waals surface area contributed by atoms with Crippen LogP contribution in [0.2, 0.25) is 0 Å². The van der Waals surface area contributed by atoms with Crippen molar-refractivity contribution in [3.05, 3.63) is 88.8 Å². The Kier molecular flexibility index (Phi) is 9.52. The fourth-order valence-electron chi connectivity index (χ4n) is 3.14. The maximum atomic E-state index is 12.8. The lowest BCUT2D eigenvalue weighted by Gasteiger charge is -2.08. The summed E-state index contributed by atoms with van der Waals surface area (Å²) in [4.78, 5) is 26.2. The highest BCUT2D eigenvalue weighted by atomic mass is 32.1. The number of thiazole rings is 1. The molecule has 10 heteroatoms. The van der Waals surface area contributed by atoms with Gasteiger partial charge in [-0.1, -0.05) is 30.1 Å². The van der Waals surface area contributed by atoms with Gasteiger partial charge in [0.2, 0.25) is 0 Å². The van der Waals surface area contributed by atoms with Crippen molar-refractivity contribution in [1.82, 2.24) is 10.3 Å². The summed E-state index contributed by atoms with van der Waals surface area (Å²) in [6, 6.07) is 4.69. The first-order chi connectivity index (χ1) is 17.3. The number of benzene rings is 1. The third-order valence-electron chi connectivity index (χ3n) is 4.97. The van der Waals surface area contributed by atoms with Crippen molar-refractivity contribution in [2.45, 2.75) is 38.9 Å². The Balaban J connectivity index is 1.61. The molecule has 0 spiro atoms. The molecule has 6 nitrogen and oxygen atoms in total. The number of hydrogen-bond donors (Lipinski definition) is 2. The molecule has 0 bridgehead atoms. The van der Waals surface area contributed by atoms with Gasteiger partial charge in [0.15, 0.2) is 5.13 Å². The van der Waals surface area contributed by atoms with E-state index in [2.05, 4.69) is 32.2 Å². The van der Waals surface area contributed by atoms with Crippen LogP contribution in [0.3, 0.4) is 0 Å². The van der Waals surface area contributed by atoms with Gasteiger partial charge in [0, 0.05) is 35.4 Å². The summed E-state index contributed by atoms with van der Waals surface area (Å²) in [7, 11) is 0. The van der Waals surface area contributed by atoms with Gasteiger partial charge in [0.25, 0.3) is 5.91 Å². The van der Waals surface area contributed by atoms with E-state index < -0.39 is 11.7 Å². The number of aromatic nitrogens is 1. The number of halogens is 3. The van der Waals surface area contributed by atoms with Gasteiger partial charge in [-0.25, -0.2) is 4.98 Å². The fourth-order valence-corrected chi connectivity index (χ4v) is 3.91. The van der Waals surface area contributed by atoms with E-state index in [1.54, 1.807) is 31.6 Å². The van der Waals surface area contributed by atoms with E-state index in [1.807, 2.05) is 12.2 Å². The predicted molar refractivity (Wildman–Crippen MR) is 140 cm³/mol. The number of aliphatic imine (C=N–C) groups is 2. The van der Waals surface area contributed by atoms with Crippen LogP contribution in [0.1, 0.15) is 36.6 Å². The first kappa shape index (κ1) is 26.8. The van der Waals surface area contributed by atoms with Crippen LogP contribution in [0.5, 0.6) is 0 Å². The Hall–Kier alpha value is -3.79. The maximum Gasteiger partial charge on any atom is 0.416 e. The molecule has 3 rings (SSSR count). The summed E-state index contributed by atoms with van der Waals surface area (Å²) in [5.41, 5.74) is 1.43. The number of amides is 1. The van der Waals surface area contributed by atoms with Gasteiger partial charge in [-0.15, -0.1) is 0 Å². The van der Waals surface area contributed by atoms with Gasteiger partial charge in [-0.2, -0.15) is 13.2 Å². The molecule has 0 aliphatic carbocycles. The number of carbonyl (C=O) groups is 1. The molecule has 0 saturated heterocycles. The molecule has 0 saturated carbocycles. The van der Waals surface area contributed by atoms with Crippen molar-refractivity contribution in [3.8, 4) is 0 Å². The Morgan fingerprint density at radius 1 is 1.25 bits per heavy atom. The van der Waals surface area contributed by atoms with E-state index in [1.165, 1.54) is 29.7 Å². The molecule has 0 radical (unpaired) electrons. The van der Waals surface area contributed by atoms with E-state index in [0.717, 1.165) is 41.8 Å². The van der Waals surface area contributed by atoms with Gasteiger partial charge < -0.3 is 10.6 Å². The third-order valence-corrected chi connectivity index (χ3v) is 5.88. The second-order valence-corrected chi connectivity index (χ2v) is 8.83. The van der Waals surface area contributed by atoms with Crippen molar-refractivity contribution >= 4 is 40.5 Å². The van der Waals surface area contributed by atoms with E-state index in [-0.39, 0.29) is 18.1 Å². The van der Waals surface area contributed by atoms with Crippen LogP contribution in [0, 0.1) is 0 Å². The predicted octanol–water partition coefficient (Wildman–Crippen LogP) is 6.75. The van der Waals surface area contributed by atoms with Crippen molar-refractivity contribution in [2.75, 3.05) is 5.32 Å². The number of anilines is 2. The lowest BCUT2D eigenvalue weighted by atomic mass is 10.1. The van der Waals surface area contributed by atoms with E-state index >= 15 is 0 Å². The summed E-state index contributed by atoms with van der Waals surface area (Å²) >= 11 is 1.28. The van der Waals surface area contributed by atoms with Gasteiger partial charge in [-0.3, -0.25) is 14.8 Å². The summed E-state index contributed by atoms with van der Waals surface area (Å²) in [5.74, 6) is -0.375. The summed E-state index contributed by atoms with van der Waals surface area (Å²) in [6.07, 6.45) is 10.7. The molecular formula is C26H26F3N5OS. The number of carbonyl (C=O) groups excluding carboxylic acids is 1. The highest BCUT2D eigenvalue weighted by Crippen LogP contribution is 2.31. The zero-order valence-electron chi connectivity index (χ0n) is 19.7. The maximum absolute atomic E-state index is 12.8. The molecule has 0 fully saturated rings. The van der Waals surface area contributed by atoms with Crippen molar-refractivity contribution < 1.29 is 18.0 Å². The molecule has 1 aromatic carbocycles. The first-order valence-electron chi connectivity index (χ1n) is 11.2. The molecule has 2 heterocycles. The Morgan fingerprint density at radius 2 is 2.03 bits per heavy atom. The zero-order chi connectivity index (χ0) is 26.0. The smallest absolute Gasteiger partial charge is 0.346 e. The van der Waals surface area contributed by atoms with Crippen molar-refractivity contribution in [2.24, 2.45) is 9.98 Å². The molecule has 1 aliphatic rings. The Morgan fingerprint density at radius 3 is 2.75 bits per heavy atom. The van der Waals surface area contributed by atoms with Crippen molar-refractivity contribution in [3.63, 3.8) is 0 Å². The van der Waals surface area contributed by atoms with Gasteiger partial charge in [0.1, 0.15) is 5.70 Å². The quantitative estimate of drug-likeness (QED) is 0.233. The van der Waals surface area contributed by atoms with Gasteiger partial charge >= 0.3 is 6.18 Å². The van der Waals surface area contributed by atoms with Gasteiger partial charge in [0.05, 0.1) is 12.1 Å². The second kappa shape index (κ2) is 12.8. The SMILES string of the molecule is C=C(/C=C(\N=CC)C(=O)NCc1cnc(Nc2ccc(C(F)(F)F)cc2)s1)C1=CCCCC=CN=C1. The summed E-state index contributed by atoms with van der Waals surface area (Å²) in [5, 5.41) is 6.28. The molecule has 1 aromatic heterocycles. The number of nitrogens with zero attached hydrogens (tertiary/aromatic N) is 3. The van der Waals surface area contributed by atoms with Crippen LogP contribution in [0.4, 0.5) is 24.0 Å². The lowest BCUT2D eigenvalue weighted by molar-refractivity contribution is -0.137. The molecular weight excluding hydrogens is 487 g/mol. The van der Waals surface area contributed by atoms with Crippen LogP contribution in [-0.2, 0) is 17.5 Å². The fraction of sp³-hybridized carbons (Fsp3) is 0.231. The van der Waals surface area contributed by atoms with Crippen LogP contribution in [-0.4, -0.2) is 23.3 Å². The molecule has 1 amide bonds. The van der Waals surface area contributed by atoms with Crippen LogP contribution in [0.15, 0.2) is 88.3 Å². The molecule has 2 N–H and O–H groups in total.